The minimum absolute atomic E-state index is 0.121. The van der Waals surface area contributed by atoms with Crippen molar-refractivity contribution in [3.63, 3.8) is 0 Å². The van der Waals surface area contributed by atoms with Gasteiger partial charge < -0.3 is 0 Å². The zero-order chi connectivity index (χ0) is 19.0. The first kappa shape index (κ1) is 19.2. The molecule has 1 N–H and O–H groups in total. The SMILES string of the molecule is CN([C@H](c1ccc(F)c(F)c1)C(F)(F)F)[S@@](=N)(=O)c1cncc(F)c1. The summed E-state index contributed by atoms with van der Waals surface area (Å²) in [4.78, 5) is 2.77. The van der Waals surface area contributed by atoms with Crippen molar-refractivity contribution in [3.05, 3.63) is 59.7 Å². The van der Waals surface area contributed by atoms with Gasteiger partial charge in [0.25, 0.3) is 0 Å². The molecule has 0 spiro atoms. The number of nitrogens with one attached hydrogen (secondary N) is 1. The molecule has 0 unspecified atom stereocenters. The minimum atomic E-state index is -5.07. The van der Waals surface area contributed by atoms with Crippen molar-refractivity contribution in [2.24, 2.45) is 0 Å². The second kappa shape index (κ2) is 6.64. The lowest BCUT2D eigenvalue weighted by Crippen LogP contribution is -2.39. The van der Waals surface area contributed by atoms with Crippen molar-refractivity contribution < 1.29 is 30.6 Å². The van der Waals surface area contributed by atoms with Crippen molar-refractivity contribution in [3.8, 4) is 0 Å². The normalized spacial score (nSPS) is 15.8. The van der Waals surface area contributed by atoms with E-state index in [9.17, 15) is 30.6 Å². The van der Waals surface area contributed by atoms with E-state index in [1.165, 1.54) is 0 Å². The van der Waals surface area contributed by atoms with Crippen molar-refractivity contribution in [1.82, 2.24) is 9.29 Å². The molecule has 25 heavy (non-hydrogen) atoms. The molecular formula is C14H11F6N3OS. The third-order valence-corrected chi connectivity index (χ3v) is 5.22. The molecule has 0 saturated heterocycles. The molecule has 136 valence electrons. The molecule has 0 aliphatic rings. The predicted octanol–water partition coefficient (Wildman–Crippen LogP) is 4.05. The van der Waals surface area contributed by atoms with Gasteiger partial charge in [0, 0.05) is 13.2 Å². The number of benzene rings is 1. The summed E-state index contributed by atoms with van der Waals surface area (Å²) in [6.45, 7) is 0. The smallest absolute Gasteiger partial charge is 0.260 e. The first-order valence-corrected chi connectivity index (χ1v) is 8.10. The summed E-state index contributed by atoms with van der Waals surface area (Å²) in [5, 5.41) is 0. The van der Waals surface area contributed by atoms with Crippen LogP contribution >= 0.6 is 0 Å². The highest BCUT2D eigenvalue weighted by molar-refractivity contribution is 7.90. The van der Waals surface area contributed by atoms with E-state index in [4.69, 9.17) is 4.78 Å². The molecule has 1 aromatic carbocycles. The number of hydrogen-bond donors (Lipinski definition) is 1. The Bertz CT molecular complexity index is 884. The maximum atomic E-state index is 13.5. The molecule has 0 bridgehead atoms. The predicted molar refractivity (Wildman–Crippen MR) is 76.2 cm³/mol. The lowest BCUT2D eigenvalue weighted by atomic mass is 10.1. The summed E-state index contributed by atoms with van der Waals surface area (Å²) >= 11 is 0. The number of aromatic nitrogens is 1. The molecule has 4 nitrogen and oxygen atoms in total. The zero-order valence-corrected chi connectivity index (χ0v) is 13.3. The summed E-state index contributed by atoms with van der Waals surface area (Å²) in [6.07, 6.45) is -3.54. The van der Waals surface area contributed by atoms with Crippen LogP contribution < -0.4 is 0 Å². The van der Waals surface area contributed by atoms with E-state index in [0.29, 0.717) is 24.3 Å². The van der Waals surface area contributed by atoms with Gasteiger partial charge in [-0.25, -0.2) is 26.5 Å². The molecule has 11 heteroatoms. The summed E-state index contributed by atoms with van der Waals surface area (Å²) < 4.78 is 100. The van der Waals surface area contributed by atoms with Crippen LogP contribution in [0.15, 0.2) is 41.6 Å². The van der Waals surface area contributed by atoms with Gasteiger partial charge >= 0.3 is 6.18 Å². The van der Waals surface area contributed by atoms with E-state index in [2.05, 4.69) is 4.98 Å². The quantitative estimate of drug-likeness (QED) is 0.810. The Morgan fingerprint density at radius 1 is 1.12 bits per heavy atom. The van der Waals surface area contributed by atoms with Crippen molar-refractivity contribution in [1.29, 1.82) is 4.78 Å². The standard InChI is InChI=1S/C14H11F6N3OS/c1-23(25(21,24)10-5-9(15)6-22-7-10)13(14(18,19)20)8-2-3-11(16)12(17)4-8/h2-7,13,21H,1H3/t13-,25-/m1/s1. The van der Waals surface area contributed by atoms with Gasteiger partial charge in [0.1, 0.15) is 21.8 Å². The summed E-state index contributed by atoms with van der Waals surface area (Å²) in [5.74, 6) is -3.86. The summed E-state index contributed by atoms with van der Waals surface area (Å²) in [5.41, 5.74) is -0.752. The van der Waals surface area contributed by atoms with E-state index >= 15 is 0 Å². The maximum absolute atomic E-state index is 13.5. The van der Waals surface area contributed by atoms with Gasteiger partial charge in [-0.3, -0.25) is 4.98 Å². The van der Waals surface area contributed by atoms with E-state index < -0.39 is 50.0 Å². The second-order valence-corrected chi connectivity index (χ2v) is 7.13. The topological polar surface area (TPSA) is 57.1 Å². The molecule has 0 saturated carbocycles. The number of pyridine rings is 1. The summed E-state index contributed by atoms with van der Waals surface area (Å²) in [7, 11) is -3.60. The molecule has 0 fully saturated rings. The lowest BCUT2D eigenvalue weighted by molar-refractivity contribution is -0.170. The number of halogens is 6. The molecule has 2 aromatic rings. The van der Waals surface area contributed by atoms with Gasteiger partial charge in [0.15, 0.2) is 11.6 Å². The van der Waals surface area contributed by atoms with Crippen molar-refractivity contribution in [2.45, 2.75) is 17.1 Å². The molecular weight excluding hydrogens is 372 g/mol. The third kappa shape index (κ3) is 3.93. The first-order chi connectivity index (χ1) is 11.4. The molecule has 0 aliphatic heterocycles. The van der Waals surface area contributed by atoms with Crippen LogP contribution in [0, 0.1) is 22.2 Å². The maximum Gasteiger partial charge on any atom is 0.409 e. The molecule has 0 amide bonds. The molecule has 1 heterocycles. The highest BCUT2D eigenvalue weighted by Gasteiger charge is 2.47. The Morgan fingerprint density at radius 2 is 1.76 bits per heavy atom. The fourth-order valence-corrected chi connectivity index (χ4v) is 3.49. The fraction of sp³-hybridized carbons (Fsp3) is 0.214. The molecule has 0 aliphatic carbocycles. The molecule has 0 radical (unpaired) electrons. The Kier molecular flexibility index (Phi) is 5.09. The van der Waals surface area contributed by atoms with Gasteiger partial charge in [0.05, 0.1) is 11.1 Å². The average molecular weight is 383 g/mol. The molecule has 2 atom stereocenters. The Labute approximate surface area is 139 Å². The zero-order valence-electron chi connectivity index (χ0n) is 12.5. The van der Waals surface area contributed by atoms with Gasteiger partial charge in [-0.15, -0.1) is 0 Å². The number of alkyl halides is 3. The minimum Gasteiger partial charge on any atom is -0.260 e. The van der Waals surface area contributed by atoms with Gasteiger partial charge in [-0.05, 0) is 23.8 Å². The third-order valence-electron chi connectivity index (χ3n) is 3.34. The van der Waals surface area contributed by atoms with Crippen LogP contribution in [0.25, 0.3) is 0 Å². The highest BCUT2D eigenvalue weighted by atomic mass is 32.2. The Balaban J connectivity index is 2.56. The lowest BCUT2D eigenvalue weighted by Gasteiger charge is -2.31. The van der Waals surface area contributed by atoms with Gasteiger partial charge in [-0.1, -0.05) is 6.07 Å². The van der Waals surface area contributed by atoms with Crippen LogP contribution in [0.4, 0.5) is 26.3 Å². The van der Waals surface area contributed by atoms with Crippen molar-refractivity contribution in [2.75, 3.05) is 7.05 Å². The van der Waals surface area contributed by atoms with E-state index in [-0.39, 0.29) is 4.31 Å². The Hall–Kier alpha value is -2.14. The van der Waals surface area contributed by atoms with Crippen LogP contribution in [-0.2, 0) is 9.92 Å². The molecule has 2 rings (SSSR count). The largest absolute Gasteiger partial charge is 0.409 e. The van der Waals surface area contributed by atoms with Gasteiger partial charge in [-0.2, -0.15) is 13.2 Å². The number of rotatable bonds is 4. The van der Waals surface area contributed by atoms with Crippen molar-refractivity contribution >= 4 is 9.92 Å². The first-order valence-electron chi connectivity index (χ1n) is 6.58. The van der Waals surface area contributed by atoms with E-state index in [1.54, 1.807) is 0 Å². The monoisotopic (exact) mass is 383 g/mol. The van der Waals surface area contributed by atoms with Crippen LogP contribution in [0.5, 0.6) is 0 Å². The van der Waals surface area contributed by atoms with E-state index in [1.807, 2.05) is 0 Å². The highest BCUT2D eigenvalue weighted by Crippen LogP contribution is 2.40. The van der Waals surface area contributed by atoms with Crippen LogP contribution in [0.2, 0.25) is 0 Å². The van der Waals surface area contributed by atoms with Crippen LogP contribution in [0.3, 0.4) is 0 Å². The summed E-state index contributed by atoms with van der Waals surface area (Å²) in [6, 6.07) is -0.587. The van der Waals surface area contributed by atoms with E-state index in [0.717, 1.165) is 19.4 Å². The number of nitrogens with zero attached hydrogens (tertiary/aromatic N) is 2. The van der Waals surface area contributed by atoms with Crippen LogP contribution in [-0.4, -0.2) is 26.7 Å². The second-order valence-electron chi connectivity index (χ2n) is 5.03. The van der Waals surface area contributed by atoms with Crippen LogP contribution in [0.1, 0.15) is 11.6 Å². The number of hydrogen-bond acceptors (Lipinski definition) is 3. The fourth-order valence-electron chi connectivity index (χ4n) is 2.15. The Morgan fingerprint density at radius 3 is 2.28 bits per heavy atom. The van der Waals surface area contributed by atoms with Gasteiger partial charge in [0.2, 0.25) is 0 Å². The average Bonchev–Trinajstić information content (AvgIpc) is 2.49. The molecule has 1 aromatic heterocycles.